The van der Waals surface area contributed by atoms with Crippen LogP contribution in [-0.4, -0.2) is 50.0 Å². The lowest BCUT2D eigenvalue weighted by Gasteiger charge is -2.24. The van der Waals surface area contributed by atoms with Gasteiger partial charge in [0, 0.05) is 36.7 Å². The van der Waals surface area contributed by atoms with E-state index in [9.17, 15) is 9.59 Å². The number of fused-ring (bicyclic) bond motifs is 1. The molecule has 8 heteroatoms. The number of benzene rings is 3. The van der Waals surface area contributed by atoms with Gasteiger partial charge in [-0.05, 0) is 52.7 Å². The zero-order valence-electron chi connectivity index (χ0n) is 18.8. The first-order chi connectivity index (χ1) is 16.6. The van der Waals surface area contributed by atoms with E-state index in [0.29, 0.717) is 31.0 Å². The molecule has 1 atom stereocenters. The van der Waals surface area contributed by atoms with E-state index >= 15 is 0 Å². The monoisotopic (exact) mass is 452 g/mol. The number of hydrogen-bond donors (Lipinski definition) is 1. The smallest absolute Gasteiger partial charge is 0.254 e. The highest BCUT2D eigenvalue weighted by Gasteiger charge is 2.29. The van der Waals surface area contributed by atoms with E-state index < -0.39 is 0 Å². The molecular formula is C26H24N6O2. The number of nitrogens with zero attached hydrogens (tertiary/aromatic N) is 5. The molecule has 1 aromatic heterocycles. The van der Waals surface area contributed by atoms with Crippen molar-refractivity contribution >= 4 is 11.8 Å². The van der Waals surface area contributed by atoms with E-state index in [4.69, 9.17) is 0 Å². The van der Waals surface area contributed by atoms with E-state index in [1.165, 1.54) is 0 Å². The maximum absolute atomic E-state index is 13.0. The van der Waals surface area contributed by atoms with Gasteiger partial charge in [-0.25, -0.2) is 0 Å². The predicted molar refractivity (Wildman–Crippen MR) is 127 cm³/mol. The van der Waals surface area contributed by atoms with Gasteiger partial charge >= 0.3 is 0 Å². The Hall–Kier alpha value is -4.33. The fraction of sp³-hybridized carbons (Fsp3) is 0.192. The second-order valence-corrected chi connectivity index (χ2v) is 8.35. The van der Waals surface area contributed by atoms with Crippen LogP contribution in [0.1, 0.15) is 43.6 Å². The first kappa shape index (κ1) is 21.5. The summed E-state index contributed by atoms with van der Waals surface area (Å²) in [5.74, 6) is 0.434. The van der Waals surface area contributed by atoms with Gasteiger partial charge in [0.15, 0.2) is 5.82 Å². The maximum atomic E-state index is 13.0. The Balaban J connectivity index is 1.32. The zero-order chi connectivity index (χ0) is 23.5. The van der Waals surface area contributed by atoms with Gasteiger partial charge in [-0.3, -0.25) is 9.59 Å². The average Bonchev–Trinajstić information content (AvgIpc) is 3.45. The molecule has 2 heterocycles. The molecule has 0 spiro atoms. The first-order valence-corrected chi connectivity index (χ1v) is 11.2. The number of rotatable bonds is 7. The molecule has 0 saturated heterocycles. The summed E-state index contributed by atoms with van der Waals surface area (Å²) in [4.78, 5) is 27.8. The van der Waals surface area contributed by atoms with Crippen LogP contribution in [0.3, 0.4) is 0 Å². The van der Waals surface area contributed by atoms with Crippen molar-refractivity contribution in [3.63, 3.8) is 0 Å². The fourth-order valence-corrected chi connectivity index (χ4v) is 4.31. The van der Waals surface area contributed by atoms with Gasteiger partial charge in [0.2, 0.25) is 0 Å². The number of hydrogen-bond acceptors (Lipinski definition) is 5. The number of aryl methyl sites for hydroxylation is 1. The van der Waals surface area contributed by atoms with Crippen LogP contribution >= 0.6 is 0 Å². The van der Waals surface area contributed by atoms with Gasteiger partial charge in [0.05, 0.1) is 5.69 Å². The summed E-state index contributed by atoms with van der Waals surface area (Å²) in [7, 11) is 0. The number of amides is 2. The summed E-state index contributed by atoms with van der Waals surface area (Å²) in [6, 6.07) is 24.9. The molecule has 1 N–H and O–H groups in total. The Morgan fingerprint density at radius 2 is 1.82 bits per heavy atom. The molecule has 0 unspecified atom stereocenters. The molecule has 0 aliphatic carbocycles. The van der Waals surface area contributed by atoms with Crippen LogP contribution in [0.15, 0.2) is 78.9 Å². The standard InChI is InChI=1S/C26H24N6O2/c1-18-28-29-30-32(18)23-12-7-11-20(14-23)25(33)27-15-22(19-8-3-2-4-9-19)17-31-16-21-10-5-6-13-24(21)26(31)34/h2-14,22H,15-17H2,1H3,(H,27,33)/t22-/m0/s1. The van der Waals surface area contributed by atoms with Crippen LogP contribution in [0.25, 0.3) is 5.69 Å². The van der Waals surface area contributed by atoms with Gasteiger partial charge in [-0.1, -0.05) is 54.6 Å². The van der Waals surface area contributed by atoms with Crippen molar-refractivity contribution in [1.29, 1.82) is 0 Å². The van der Waals surface area contributed by atoms with Gasteiger partial charge in [0.25, 0.3) is 11.8 Å². The Bertz CT molecular complexity index is 1330. The van der Waals surface area contributed by atoms with Gasteiger partial charge < -0.3 is 10.2 Å². The lowest BCUT2D eigenvalue weighted by atomic mass is 9.98. The van der Waals surface area contributed by atoms with Crippen molar-refractivity contribution in [2.45, 2.75) is 19.4 Å². The topological polar surface area (TPSA) is 93.0 Å². The predicted octanol–water partition coefficient (Wildman–Crippen LogP) is 3.14. The molecule has 0 radical (unpaired) electrons. The average molecular weight is 453 g/mol. The maximum Gasteiger partial charge on any atom is 0.254 e. The van der Waals surface area contributed by atoms with Crippen LogP contribution in [0.2, 0.25) is 0 Å². The Labute approximate surface area is 197 Å². The SMILES string of the molecule is Cc1nnnn1-c1cccc(C(=O)NC[C@@H](CN2Cc3ccccc3C2=O)c2ccccc2)c1. The molecule has 3 aromatic carbocycles. The third kappa shape index (κ3) is 4.30. The van der Waals surface area contributed by atoms with E-state index in [0.717, 1.165) is 22.4 Å². The second kappa shape index (κ2) is 9.27. The Morgan fingerprint density at radius 3 is 2.59 bits per heavy atom. The minimum Gasteiger partial charge on any atom is -0.351 e. The van der Waals surface area contributed by atoms with Crippen molar-refractivity contribution in [2.24, 2.45) is 0 Å². The molecule has 170 valence electrons. The third-order valence-electron chi connectivity index (χ3n) is 6.10. The Kier molecular flexibility index (Phi) is 5.86. The molecule has 0 saturated carbocycles. The molecule has 1 aliphatic rings. The van der Waals surface area contributed by atoms with Gasteiger partial charge in [-0.2, -0.15) is 4.68 Å². The number of aromatic nitrogens is 4. The lowest BCUT2D eigenvalue weighted by molar-refractivity contribution is 0.0767. The summed E-state index contributed by atoms with van der Waals surface area (Å²) >= 11 is 0. The van der Waals surface area contributed by atoms with E-state index in [1.54, 1.807) is 29.8 Å². The number of nitrogens with one attached hydrogen (secondary N) is 1. The van der Waals surface area contributed by atoms with Crippen LogP contribution < -0.4 is 5.32 Å². The van der Waals surface area contributed by atoms with Gasteiger partial charge in [0.1, 0.15) is 0 Å². The molecule has 5 rings (SSSR count). The van der Waals surface area contributed by atoms with Crippen LogP contribution in [0.5, 0.6) is 0 Å². The number of carbonyl (C=O) groups excluding carboxylic acids is 2. The highest BCUT2D eigenvalue weighted by atomic mass is 16.2. The van der Waals surface area contributed by atoms with Crippen molar-refractivity contribution in [3.05, 3.63) is 107 Å². The summed E-state index contributed by atoms with van der Waals surface area (Å²) in [6.45, 7) is 3.30. The normalized spacial score (nSPS) is 13.6. The molecular weight excluding hydrogens is 428 g/mol. The van der Waals surface area contributed by atoms with Crippen molar-refractivity contribution in [3.8, 4) is 5.69 Å². The van der Waals surface area contributed by atoms with Crippen molar-refractivity contribution in [2.75, 3.05) is 13.1 Å². The largest absolute Gasteiger partial charge is 0.351 e. The minimum atomic E-state index is -0.190. The minimum absolute atomic E-state index is 0.0346. The van der Waals surface area contributed by atoms with Crippen molar-refractivity contribution < 1.29 is 9.59 Å². The molecule has 0 fully saturated rings. The number of carbonyl (C=O) groups is 2. The van der Waals surface area contributed by atoms with E-state index in [2.05, 4.69) is 20.8 Å². The van der Waals surface area contributed by atoms with Crippen LogP contribution in [-0.2, 0) is 6.54 Å². The Morgan fingerprint density at radius 1 is 1.03 bits per heavy atom. The summed E-state index contributed by atoms with van der Waals surface area (Å²) in [5, 5.41) is 14.6. The summed E-state index contributed by atoms with van der Waals surface area (Å²) in [6.07, 6.45) is 0. The third-order valence-corrected chi connectivity index (χ3v) is 6.10. The van der Waals surface area contributed by atoms with Crippen molar-refractivity contribution in [1.82, 2.24) is 30.4 Å². The molecule has 1 aliphatic heterocycles. The molecule has 0 bridgehead atoms. The highest BCUT2D eigenvalue weighted by Crippen LogP contribution is 2.26. The first-order valence-electron chi connectivity index (χ1n) is 11.2. The molecule has 8 nitrogen and oxygen atoms in total. The quantitative estimate of drug-likeness (QED) is 0.465. The lowest BCUT2D eigenvalue weighted by Crippen LogP contribution is -2.36. The number of tetrazole rings is 1. The summed E-state index contributed by atoms with van der Waals surface area (Å²) in [5.41, 5.74) is 4.11. The van der Waals surface area contributed by atoms with E-state index in [1.807, 2.05) is 65.6 Å². The van der Waals surface area contributed by atoms with Crippen LogP contribution in [0, 0.1) is 6.92 Å². The highest BCUT2D eigenvalue weighted by molar-refractivity contribution is 5.98. The van der Waals surface area contributed by atoms with Gasteiger partial charge in [-0.15, -0.1) is 5.10 Å². The summed E-state index contributed by atoms with van der Waals surface area (Å²) < 4.78 is 1.58. The second-order valence-electron chi connectivity index (χ2n) is 8.35. The molecule has 4 aromatic rings. The zero-order valence-corrected chi connectivity index (χ0v) is 18.8. The fourth-order valence-electron chi connectivity index (χ4n) is 4.31. The molecule has 2 amide bonds. The molecule has 34 heavy (non-hydrogen) atoms. The van der Waals surface area contributed by atoms with E-state index in [-0.39, 0.29) is 17.7 Å². The van der Waals surface area contributed by atoms with Crippen LogP contribution in [0.4, 0.5) is 0 Å².